The third-order valence-corrected chi connectivity index (χ3v) is 4.70. The number of carbonyl (C=O) groups excluding carboxylic acids is 1. The van der Waals surface area contributed by atoms with Gasteiger partial charge < -0.3 is 14.8 Å². The van der Waals surface area contributed by atoms with Gasteiger partial charge in [-0.1, -0.05) is 36.4 Å². The molecular formula is C24H20FN3O3. The van der Waals surface area contributed by atoms with E-state index in [1.165, 1.54) is 18.5 Å². The predicted octanol–water partition coefficient (Wildman–Crippen LogP) is 4.29. The van der Waals surface area contributed by atoms with E-state index in [9.17, 15) is 9.18 Å². The third kappa shape index (κ3) is 4.78. The van der Waals surface area contributed by atoms with Gasteiger partial charge in [-0.05, 0) is 29.3 Å². The van der Waals surface area contributed by atoms with Gasteiger partial charge in [-0.25, -0.2) is 4.39 Å². The second-order valence-electron chi connectivity index (χ2n) is 6.82. The van der Waals surface area contributed by atoms with E-state index in [-0.39, 0.29) is 12.1 Å². The molecule has 0 fully saturated rings. The SMILES string of the molecule is COc1cc(CNC(=O)c2cc(F)cc3nccnc23)ccc1OCc1ccccc1. The highest BCUT2D eigenvalue weighted by atomic mass is 19.1. The van der Waals surface area contributed by atoms with Crippen LogP contribution in [0.3, 0.4) is 0 Å². The summed E-state index contributed by atoms with van der Waals surface area (Å²) in [5, 5.41) is 2.79. The van der Waals surface area contributed by atoms with E-state index in [0.29, 0.717) is 29.1 Å². The van der Waals surface area contributed by atoms with Crippen LogP contribution < -0.4 is 14.8 Å². The van der Waals surface area contributed by atoms with Gasteiger partial charge in [0.15, 0.2) is 11.5 Å². The van der Waals surface area contributed by atoms with E-state index in [0.717, 1.165) is 17.2 Å². The lowest BCUT2D eigenvalue weighted by molar-refractivity contribution is 0.0952. The molecule has 1 amide bonds. The summed E-state index contributed by atoms with van der Waals surface area (Å²) in [6.07, 6.45) is 2.92. The molecule has 1 aromatic heterocycles. The quantitative estimate of drug-likeness (QED) is 0.486. The number of hydrogen-bond donors (Lipinski definition) is 1. The Labute approximate surface area is 178 Å². The number of ether oxygens (including phenoxy) is 2. The van der Waals surface area contributed by atoms with Crippen LogP contribution in [0.1, 0.15) is 21.5 Å². The van der Waals surface area contributed by atoms with Crippen molar-refractivity contribution in [1.29, 1.82) is 0 Å². The highest BCUT2D eigenvalue weighted by molar-refractivity contribution is 6.04. The van der Waals surface area contributed by atoms with Crippen molar-refractivity contribution in [1.82, 2.24) is 15.3 Å². The lowest BCUT2D eigenvalue weighted by Crippen LogP contribution is -2.23. The maximum absolute atomic E-state index is 13.9. The first-order chi connectivity index (χ1) is 15.1. The average Bonchev–Trinajstić information content (AvgIpc) is 2.81. The van der Waals surface area contributed by atoms with Crippen LogP contribution in [0.25, 0.3) is 11.0 Å². The molecule has 0 aliphatic rings. The number of amides is 1. The maximum Gasteiger partial charge on any atom is 0.253 e. The molecule has 0 spiro atoms. The minimum absolute atomic E-state index is 0.137. The summed E-state index contributed by atoms with van der Waals surface area (Å²) in [4.78, 5) is 20.9. The minimum Gasteiger partial charge on any atom is -0.493 e. The third-order valence-electron chi connectivity index (χ3n) is 4.70. The number of benzene rings is 3. The Morgan fingerprint density at radius 1 is 0.968 bits per heavy atom. The van der Waals surface area contributed by atoms with Gasteiger partial charge >= 0.3 is 0 Å². The predicted molar refractivity (Wildman–Crippen MR) is 114 cm³/mol. The number of fused-ring (bicyclic) bond motifs is 1. The minimum atomic E-state index is -0.542. The van der Waals surface area contributed by atoms with Crippen LogP contribution in [0.15, 0.2) is 73.1 Å². The smallest absolute Gasteiger partial charge is 0.253 e. The monoisotopic (exact) mass is 417 g/mol. The van der Waals surface area contributed by atoms with E-state index < -0.39 is 11.7 Å². The number of methoxy groups -OCH3 is 1. The highest BCUT2D eigenvalue weighted by Crippen LogP contribution is 2.29. The molecule has 156 valence electrons. The lowest BCUT2D eigenvalue weighted by atomic mass is 10.1. The molecule has 0 saturated heterocycles. The Hall–Kier alpha value is -4.00. The molecule has 0 atom stereocenters. The topological polar surface area (TPSA) is 73.3 Å². The summed E-state index contributed by atoms with van der Waals surface area (Å²) >= 11 is 0. The molecule has 0 bridgehead atoms. The van der Waals surface area contributed by atoms with Crippen LogP contribution in [0, 0.1) is 5.82 Å². The molecule has 0 aliphatic carbocycles. The van der Waals surface area contributed by atoms with Crippen molar-refractivity contribution in [3.05, 3.63) is 95.6 Å². The summed E-state index contributed by atoms with van der Waals surface area (Å²) in [6, 6.07) is 17.7. The number of rotatable bonds is 7. The van der Waals surface area contributed by atoms with E-state index in [4.69, 9.17) is 9.47 Å². The zero-order valence-electron chi connectivity index (χ0n) is 16.8. The highest BCUT2D eigenvalue weighted by Gasteiger charge is 2.14. The molecule has 6 nitrogen and oxygen atoms in total. The second-order valence-corrected chi connectivity index (χ2v) is 6.82. The first-order valence-electron chi connectivity index (χ1n) is 9.66. The first-order valence-corrected chi connectivity index (χ1v) is 9.66. The van der Waals surface area contributed by atoms with Gasteiger partial charge in [0.2, 0.25) is 0 Å². The molecule has 31 heavy (non-hydrogen) atoms. The fourth-order valence-corrected chi connectivity index (χ4v) is 3.17. The van der Waals surface area contributed by atoms with Crippen molar-refractivity contribution in [2.75, 3.05) is 7.11 Å². The van der Waals surface area contributed by atoms with Crippen molar-refractivity contribution in [3.8, 4) is 11.5 Å². The normalized spacial score (nSPS) is 10.6. The molecule has 4 aromatic rings. The molecule has 0 radical (unpaired) electrons. The average molecular weight is 417 g/mol. The largest absolute Gasteiger partial charge is 0.493 e. The molecular weight excluding hydrogens is 397 g/mol. The standard InChI is InChI=1S/C24H20FN3O3/c1-30-22-11-17(7-8-21(22)31-15-16-5-3-2-4-6-16)14-28-24(29)19-12-18(25)13-20-23(19)27-10-9-26-20/h2-13H,14-15H2,1H3,(H,28,29). The second kappa shape index (κ2) is 9.21. The van der Waals surface area contributed by atoms with Crippen molar-refractivity contribution >= 4 is 16.9 Å². The van der Waals surface area contributed by atoms with Gasteiger partial charge in [-0.3, -0.25) is 14.8 Å². The van der Waals surface area contributed by atoms with Crippen molar-refractivity contribution < 1.29 is 18.7 Å². The fraction of sp³-hybridized carbons (Fsp3) is 0.125. The Morgan fingerprint density at radius 3 is 2.58 bits per heavy atom. The van der Waals surface area contributed by atoms with Gasteiger partial charge in [0.05, 0.1) is 18.2 Å². The van der Waals surface area contributed by atoms with Crippen LogP contribution in [0.4, 0.5) is 4.39 Å². The number of aromatic nitrogens is 2. The number of carbonyl (C=O) groups is 1. The van der Waals surface area contributed by atoms with E-state index in [1.54, 1.807) is 19.2 Å². The van der Waals surface area contributed by atoms with Crippen molar-refractivity contribution in [2.24, 2.45) is 0 Å². The summed E-state index contributed by atoms with van der Waals surface area (Å²) in [5.41, 5.74) is 2.67. The number of halogens is 1. The van der Waals surface area contributed by atoms with Gasteiger partial charge in [-0.15, -0.1) is 0 Å². The Kier molecular flexibility index (Phi) is 6.03. The van der Waals surface area contributed by atoms with Gasteiger partial charge in [0.1, 0.15) is 17.9 Å². The Balaban J connectivity index is 1.46. The Bertz CT molecular complexity index is 1220. The van der Waals surface area contributed by atoms with E-state index in [1.807, 2.05) is 36.4 Å². The molecule has 4 rings (SSSR count). The summed E-state index contributed by atoms with van der Waals surface area (Å²) in [6.45, 7) is 0.646. The molecule has 0 aliphatic heterocycles. The van der Waals surface area contributed by atoms with Crippen LogP contribution in [0.5, 0.6) is 11.5 Å². The lowest BCUT2D eigenvalue weighted by Gasteiger charge is -2.13. The zero-order chi connectivity index (χ0) is 21.6. The molecule has 1 heterocycles. The summed E-state index contributed by atoms with van der Waals surface area (Å²) < 4.78 is 25.2. The van der Waals surface area contributed by atoms with Gasteiger partial charge in [0.25, 0.3) is 5.91 Å². The zero-order valence-corrected chi connectivity index (χ0v) is 16.8. The fourth-order valence-electron chi connectivity index (χ4n) is 3.17. The maximum atomic E-state index is 13.9. The van der Waals surface area contributed by atoms with Crippen LogP contribution in [0.2, 0.25) is 0 Å². The van der Waals surface area contributed by atoms with Crippen LogP contribution in [-0.4, -0.2) is 23.0 Å². The van der Waals surface area contributed by atoms with Crippen LogP contribution in [-0.2, 0) is 13.2 Å². The Morgan fingerprint density at radius 2 is 1.77 bits per heavy atom. The van der Waals surface area contributed by atoms with Crippen molar-refractivity contribution in [2.45, 2.75) is 13.2 Å². The van der Waals surface area contributed by atoms with Gasteiger partial charge in [0, 0.05) is 25.0 Å². The molecule has 0 unspecified atom stereocenters. The number of hydrogen-bond acceptors (Lipinski definition) is 5. The van der Waals surface area contributed by atoms with Crippen molar-refractivity contribution in [3.63, 3.8) is 0 Å². The molecule has 3 aromatic carbocycles. The molecule has 7 heteroatoms. The molecule has 1 N–H and O–H groups in total. The van der Waals surface area contributed by atoms with Gasteiger partial charge in [-0.2, -0.15) is 0 Å². The van der Waals surface area contributed by atoms with Crippen LogP contribution >= 0.6 is 0 Å². The summed E-state index contributed by atoms with van der Waals surface area (Å²) in [5.74, 6) is 0.186. The van der Waals surface area contributed by atoms with E-state index in [2.05, 4.69) is 15.3 Å². The number of nitrogens with zero attached hydrogens (tertiary/aromatic N) is 2. The van der Waals surface area contributed by atoms with E-state index >= 15 is 0 Å². The molecule has 0 saturated carbocycles. The first kappa shape index (κ1) is 20.3. The summed E-state index contributed by atoms with van der Waals surface area (Å²) in [7, 11) is 1.56. The number of nitrogens with one attached hydrogen (secondary N) is 1.